The minimum Gasteiger partial charge on any atom is -0.503 e. The number of halogens is 1. The van der Waals surface area contributed by atoms with Crippen LogP contribution in [0.25, 0.3) is 0 Å². The lowest BCUT2D eigenvalue weighted by atomic mass is 9.94. The lowest BCUT2D eigenvalue weighted by molar-refractivity contribution is -0.129. The van der Waals surface area contributed by atoms with E-state index in [1.165, 1.54) is 6.07 Å². The van der Waals surface area contributed by atoms with Crippen molar-refractivity contribution in [3.05, 3.63) is 65.7 Å². The van der Waals surface area contributed by atoms with Gasteiger partial charge in [-0.2, -0.15) is 0 Å². The van der Waals surface area contributed by atoms with E-state index in [0.717, 1.165) is 19.3 Å². The highest BCUT2D eigenvalue weighted by atomic mass is 19.1. The summed E-state index contributed by atoms with van der Waals surface area (Å²) >= 11 is 0. The Morgan fingerprint density at radius 2 is 1.90 bits per heavy atom. The summed E-state index contributed by atoms with van der Waals surface area (Å²) in [5, 5.41) is 10.5. The van der Waals surface area contributed by atoms with Crippen LogP contribution >= 0.6 is 0 Å². The van der Waals surface area contributed by atoms with Crippen molar-refractivity contribution < 1.29 is 14.3 Å². The van der Waals surface area contributed by atoms with Crippen LogP contribution in [0.3, 0.4) is 0 Å². The summed E-state index contributed by atoms with van der Waals surface area (Å²) in [5.74, 6) is -0.958. The fraction of sp³-hybridized carbons (Fsp3) is 0.478. The topological polar surface area (TPSA) is 58.4 Å². The standard InChI is InChI=1S/C21H26FN3O2.C2H6/c1-2-3-4-9-17-19(16-8-5-6-10-18(16)22)25(21(27)20(17)26)13-7-12-24-14-11-23-15-24;1-2/h5-6,8,10-11,14-15,19,26H,2-4,7,9,12-13H2,1H3;1-2H3. The molecule has 1 aliphatic heterocycles. The number of aryl methyl sites for hydroxylation is 1. The Labute approximate surface area is 172 Å². The molecule has 29 heavy (non-hydrogen) atoms. The van der Waals surface area contributed by atoms with Gasteiger partial charge < -0.3 is 14.6 Å². The van der Waals surface area contributed by atoms with Gasteiger partial charge in [0.2, 0.25) is 0 Å². The van der Waals surface area contributed by atoms with E-state index in [4.69, 9.17) is 0 Å². The van der Waals surface area contributed by atoms with Crippen molar-refractivity contribution in [3.63, 3.8) is 0 Å². The average molecular weight is 402 g/mol. The van der Waals surface area contributed by atoms with E-state index in [1.807, 2.05) is 24.6 Å². The van der Waals surface area contributed by atoms with E-state index in [0.29, 0.717) is 37.1 Å². The Morgan fingerprint density at radius 1 is 1.14 bits per heavy atom. The summed E-state index contributed by atoms with van der Waals surface area (Å²) in [6, 6.07) is 5.99. The van der Waals surface area contributed by atoms with Gasteiger partial charge in [-0.15, -0.1) is 0 Å². The molecule has 1 aliphatic rings. The van der Waals surface area contributed by atoms with Crippen LogP contribution in [0.4, 0.5) is 4.39 Å². The first-order valence-electron chi connectivity index (χ1n) is 10.6. The lowest BCUT2D eigenvalue weighted by Crippen LogP contribution is -2.32. The molecule has 0 saturated carbocycles. The van der Waals surface area contributed by atoms with Gasteiger partial charge in [-0.05, 0) is 25.3 Å². The number of rotatable bonds is 9. The Bertz CT molecular complexity index is 802. The number of imidazole rings is 1. The molecule has 3 rings (SSSR count). The number of hydrogen-bond donors (Lipinski definition) is 1. The molecule has 0 fully saturated rings. The molecule has 0 radical (unpaired) electrons. The van der Waals surface area contributed by atoms with Crippen LogP contribution in [0.5, 0.6) is 0 Å². The molecule has 0 spiro atoms. The van der Waals surface area contributed by atoms with Gasteiger partial charge in [0, 0.05) is 36.6 Å². The molecule has 1 atom stereocenters. The summed E-state index contributed by atoms with van der Waals surface area (Å²) in [6.07, 6.45) is 9.53. The smallest absolute Gasteiger partial charge is 0.289 e. The molecule has 1 amide bonds. The predicted molar refractivity (Wildman–Crippen MR) is 113 cm³/mol. The molecule has 1 aromatic carbocycles. The fourth-order valence-electron chi connectivity index (χ4n) is 3.65. The van der Waals surface area contributed by atoms with Gasteiger partial charge in [-0.1, -0.05) is 51.8 Å². The van der Waals surface area contributed by atoms with Crippen molar-refractivity contribution >= 4 is 5.91 Å². The van der Waals surface area contributed by atoms with Crippen LogP contribution in [-0.4, -0.2) is 32.0 Å². The SMILES string of the molecule is CC.CCCCCC1=C(O)C(=O)N(CCCn2ccnc2)C1c1ccccc1F. The zero-order valence-electron chi connectivity index (χ0n) is 17.6. The Morgan fingerprint density at radius 3 is 2.55 bits per heavy atom. The summed E-state index contributed by atoms with van der Waals surface area (Å²) in [6.45, 7) is 7.25. The van der Waals surface area contributed by atoms with Crippen molar-refractivity contribution in [2.24, 2.45) is 0 Å². The second-order valence-electron chi connectivity index (χ2n) is 6.91. The minimum atomic E-state index is -0.529. The van der Waals surface area contributed by atoms with Crippen molar-refractivity contribution in [2.45, 2.75) is 65.5 Å². The third-order valence-electron chi connectivity index (χ3n) is 5.03. The summed E-state index contributed by atoms with van der Waals surface area (Å²) in [7, 11) is 0. The first kappa shape index (κ1) is 22.7. The number of aliphatic hydroxyl groups excluding tert-OH is 1. The van der Waals surface area contributed by atoms with E-state index >= 15 is 0 Å². The molecule has 6 heteroatoms. The Balaban J connectivity index is 0.00000145. The zero-order valence-corrected chi connectivity index (χ0v) is 17.6. The molecule has 1 unspecified atom stereocenters. The summed E-state index contributed by atoms with van der Waals surface area (Å²) in [5.41, 5.74) is 1.09. The molecular weight excluding hydrogens is 369 g/mol. The predicted octanol–water partition coefficient (Wildman–Crippen LogP) is 5.41. The van der Waals surface area contributed by atoms with Crippen LogP contribution in [-0.2, 0) is 11.3 Å². The molecule has 0 saturated heterocycles. The van der Waals surface area contributed by atoms with Crippen molar-refractivity contribution in [3.8, 4) is 0 Å². The molecule has 2 aromatic rings. The maximum atomic E-state index is 14.5. The maximum Gasteiger partial charge on any atom is 0.289 e. The molecule has 158 valence electrons. The average Bonchev–Trinajstić information content (AvgIpc) is 3.33. The number of aliphatic hydroxyl groups is 1. The third-order valence-corrected chi connectivity index (χ3v) is 5.03. The van der Waals surface area contributed by atoms with Gasteiger partial charge in [0.15, 0.2) is 5.76 Å². The van der Waals surface area contributed by atoms with E-state index in [1.54, 1.807) is 35.6 Å². The van der Waals surface area contributed by atoms with Crippen molar-refractivity contribution in [1.82, 2.24) is 14.5 Å². The van der Waals surface area contributed by atoms with Crippen LogP contribution < -0.4 is 0 Å². The van der Waals surface area contributed by atoms with Gasteiger partial charge in [-0.25, -0.2) is 9.37 Å². The summed E-state index contributed by atoms with van der Waals surface area (Å²) < 4.78 is 16.5. The fourth-order valence-corrected chi connectivity index (χ4v) is 3.65. The second-order valence-corrected chi connectivity index (χ2v) is 6.91. The van der Waals surface area contributed by atoms with E-state index in [9.17, 15) is 14.3 Å². The Kier molecular flexibility index (Phi) is 8.90. The summed E-state index contributed by atoms with van der Waals surface area (Å²) in [4.78, 5) is 18.3. The molecule has 0 bridgehead atoms. The van der Waals surface area contributed by atoms with E-state index < -0.39 is 11.9 Å². The zero-order chi connectivity index (χ0) is 21.2. The highest BCUT2D eigenvalue weighted by Gasteiger charge is 2.40. The maximum absolute atomic E-state index is 14.5. The van der Waals surface area contributed by atoms with Gasteiger partial charge >= 0.3 is 0 Å². The van der Waals surface area contributed by atoms with Crippen molar-refractivity contribution in [2.75, 3.05) is 6.54 Å². The molecular formula is C23H32FN3O2. The quantitative estimate of drug-likeness (QED) is 0.571. The van der Waals surface area contributed by atoms with Crippen LogP contribution in [0, 0.1) is 5.82 Å². The number of unbranched alkanes of at least 4 members (excludes halogenated alkanes) is 2. The molecule has 1 N–H and O–H groups in total. The molecule has 5 nitrogen and oxygen atoms in total. The van der Waals surface area contributed by atoms with Gasteiger partial charge in [-0.3, -0.25) is 4.79 Å². The highest BCUT2D eigenvalue weighted by Crippen LogP contribution is 2.40. The first-order valence-corrected chi connectivity index (χ1v) is 10.6. The first-order chi connectivity index (χ1) is 14.1. The largest absolute Gasteiger partial charge is 0.503 e. The third kappa shape index (κ3) is 5.46. The normalized spacial score (nSPS) is 16.2. The number of nitrogens with zero attached hydrogens (tertiary/aromatic N) is 3. The van der Waals surface area contributed by atoms with E-state index in [-0.39, 0.29) is 11.6 Å². The highest BCUT2D eigenvalue weighted by molar-refractivity contribution is 5.95. The molecule has 1 aromatic heterocycles. The number of aromatic nitrogens is 2. The van der Waals surface area contributed by atoms with Crippen LogP contribution in [0.2, 0.25) is 0 Å². The van der Waals surface area contributed by atoms with Crippen molar-refractivity contribution in [1.29, 1.82) is 0 Å². The second kappa shape index (κ2) is 11.4. The monoisotopic (exact) mass is 401 g/mol. The lowest BCUT2D eigenvalue weighted by Gasteiger charge is -2.27. The molecule has 2 heterocycles. The molecule has 0 aliphatic carbocycles. The van der Waals surface area contributed by atoms with Gasteiger partial charge in [0.05, 0.1) is 12.4 Å². The Hall–Kier alpha value is -2.63. The number of carbonyl (C=O) groups excluding carboxylic acids is 1. The van der Waals surface area contributed by atoms with Crippen LogP contribution in [0.15, 0.2) is 54.3 Å². The number of benzene rings is 1. The van der Waals surface area contributed by atoms with Crippen LogP contribution in [0.1, 0.15) is 64.5 Å². The van der Waals surface area contributed by atoms with Gasteiger partial charge in [0.25, 0.3) is 5.91 Å². The number of hydrogen-bond acceptors (Lipinski definition) is 3. The van der Waals surface area contributed by atoms with Gasteiger partial charge in [0.1, 0.15) is 5.82 Å². The van der Waals surface area contributed by atoms with E-state index in [2.05, 4.69) is 11.9 Å². The number of amides is 1. The number of carbonyl (C=O) groups is 1. The minimum absolute atomic E-state index is 0.206.